The molecule has 0 atom stereocenters. The number of hydrogen-bond donors (Lipinski definition) is 1. The second kappa shape index (κ2) is 6.78. The number of nitrogens with two attached hydrogens (primary N) is 1. The zero-order valence-corrected chi connectivity index (χ0v) is 16.1. The van der Waals surface area contributed by atoms with Gasteiger partial charge in [0.05, 0.1) is 16.7 Å². The Hall–Kier alpha value is -3.05. The second-order valence-corrected chi connectivity index (χ2v) is 7.20. The maximum Gasteiger partial charge on any atom is 0.433 e. The number of carbonyl (C=O) groups is 1. The Morgan fingerprint density at radius 1 is 1.17 bits per heavy atom. The van der Waals surface area contributed by atoms with Gasteiger partial charge in [-0.3, -0.25) is 9.36 Å². The predicted octanol–water partition coefficient (Wildman–Crippen LogP) is 4.02. The van der Waals surface area contributed by atoms with Gasteiger partial charge in [0, 0.05) is 11.6 Å². The molecule has 29 heavy (non-hydrogen) atoms. The zero-order chi connectivity index (χ0) is 20.9. The minimum absolute atomic E-state index is 0.0359. The van der Waals surface area contributed by atoms with Crippen LogP contribution in [0.15, 0.2) is 29.8 Å². The highest BCUT2D eigenvalue weighted by atomic mass is 35.5. The van der Waals surface area contributed by atoms with Gasteiger partial charge in [-0.1, -0.05) is 11.6 Å². The number of hydrogen-bond acceptors (Lipinski definition) is 6. The Morgan fingerprint density at radius 3 is 2.55 bits per heavy atom. The minimum Gasteiger partial charge on any atom is -0.365 e. The van der Waals surface area contributed by atoms with E-state index in [-0.39, 0.29) is 27.9 Å². The van der Waals surface area contributed by atoms with Gasteiger partial charge in [0.25, 0.3) is 5.91 Å². The highest BCUT2D eigenvalue weighted by Crippen LogP contribution is 2.31. The lowest BCUT2D eigenvalue weighted by atomic mass is 10.2. The summed E-state index contributed by atoms with van der Waals surface area (Å²) in [4.78, 5) is 28.5. The first-order valence-electron chi connectivity index (χ1n) is 8.00. The number of carbonyl (C=O) groups excluding carboxylic acids is 1. The van der Waals surface area contributed by atoms with Crippen molar-refractivity contribution in [3.8, 4) is 16.6 Å². The predicted molar refractivity (Wildman–Crippen MR) is 101 cm³/mol. The summed E-state index contributed by atoms with van der Waals surface area (Å²) in [7, 11) is 0. The number of fused-ring (bicyclic) bond motifs is 1. The lowest BCUT2D eigenvalue weighted by molar-refractivity contribution is -0.140. The van der Waals surface area contributed by atoms with Gasteiger partial charge in [-0.25, -0.2) is 19.9 Å². The van der Waals surface area contributed by atoms with Gasteiger partial charge in [0.1, 0.15) is 16.4 Å². The second-order valence-electron chi connectivity index (χ2n) is 5.96. The third kappa shape index (κ3) is 3.42. The fraction of sp³-hybridized carbons (Fsp3) is 0.118. The molecule has 0 spiro atoms. The highest BCUT2D eigenvalue weighted by Gasteiger charge is 2.33. The molecule has 0 saturated carbocycles. The number of aryl methyl sites for hydroxylation is 1. The summed E-state index contributed by atoms with van der Waals surface area (Å²) in [5, 5.41) is 2.29. The molecule has 0 bridgehead atoms. The van der Waals surface area contributed by atoms with Crippen molar-refractivity contribution >= 4 is 39.9 Å². The van der Waals surface area contributed by atoms with E-state index in [9.17, 15) is 18.0 Å². The third-order valence-electron chi connectivity index (χ3n) is 4.05. The number of primary amides is 1. The van der Waals surface area contributed by atoms with Crippen LogP contribution >= 0.6 is 22.9 Å². The largest absolute Gasteiger partial charge is 0.433 e. The van der Waals surface area contributed by atoms with Crippen molar-refractivity contribution in [1.82, 2.24) is 24.5 Å². The van der Waals surface area contributed by atoms with E-state index in [1.165, 1.54) is 34.2 Å². The Balaban J connectivity index is 1.96. The smallest absolute Gasteiger partial charge is 0.365 e. The van der Waals surface area contributed by atoms with Crippen LogP contribution in [0, 0.1) is 6.92 Å². The van der Waals surface area contributed by atoms with Crippen LogP contribution in [0.1, 0.15) is 21.7 Å². The summed E-state index contributed by atoms with van der Waals surface area (Å²) in [5.74, 6) is -0.452. The summed E-state index contributed by atoms with van der Waals surface area (Å²) >= 11 is 7.07. The maximum atomic E-state index is 12.9. The molecule has 0 aromatic carbocycles. The Kier molecular flexibility index (Phi) is 4.50. The number of rotatable bonds is 3. The van der Waals surface area contributed by atoms with Crippen molar-refractivity contribution in [3.05, 3.63) is 51.9 Å². The third-order valence-corrected chi connectivity index (χ3v) is 5.21. The number of halogens is 4. The molecule has 148 valence electrons. The standard InChI is InChI=1S/C17H10ClF3N6OS/c1-7-12(13(22)28)15(26-14(23-7)16-25-11(18)6-29-16)27-5-4-8-9(27)2-3-10(24-8)17(19,20)21/h2-6H,1H3,(H2,22,28). The zero-order valence-electron chi connectivity index (χ0n) is 14.5. The molecule has 0 radical (unpaired) electrons. The van der Waals surface area contributed by atoms with E-state index in [1.54, 1.807) is 12.3 Å². The Morgan fingerprint density at radius 2 is 1.93 bits per heavy atom. The van der Waals surface area contributed by atoms with E-state index >= 15 is 0 Å². The molecule has 0 fully saturated rings. The fourth-order valence-corrected chi connectivity index (χ4v) is 3.71. The van der Waals surface area contributed by atoms with Gasteiger partial charge in [-0.05, 0) is 25.1 Å². The maximum absolute atomic E-state index is 12.9. The van der Waals surface area contributed by atoms with Gasteiger partial charge in [0.2, 0.25) is 0 Å². The van der Waals surface area contributed by atoms with Crippen LogP contribution in [-0.2, 0) is 6.18 Å². The van der Waals surface area contributed by atoms with Gasteiger partial charge < -0.3 is 5.73 Å². The molecule has 0 aliphatic heterocycles. The van der Waals surface area contributed by atoms with Crippen LogP contribution in [0.5, 0.6) is 0 Å². The quantitative estimate of drug-likeness (QED) is 0.520. The molecule has 2 N–H and O–H groups in total. The molecule has 0 unspecified atom stereocenters. The topological polar surface area (TPSA) is 99.6 Å². The summed E-state index contributed by atoms with van der Waals surface area (Å²) < 4.78 is 40.3. The van der Waals surface area contributed by atoms with Gasteiger partial charge in [-0.15, -0.1) is 11.3 Å². The molecule has 1 amide bonds. The fourth-order valence-electron chi connectivity index (χ4n) is 2.84. The molecule has 7 nitrogen and oxygen atoms in total. The number of amides is 1. The Bertz CT molecular complexity index is 1270. The molecule has 0 saturated heterocycles. The average molecular weight is 439 g/mol. The monoisotopic (exact) mass is 438 g/mol. The van der Waals surface area contributed by atoms with Crippen LogP contribution in [0.3, 0.4) is 0 Å². The molecule has 0 aliphatic rings. The van der Waals surface area contributed by atoms with Crippen molar-refractivity contribution in [1.29, 1.82) is 0 Å². The molecule has 4 aromatic rings. The van der Waals surface area contributed by atoms with Gasteiger partial charge in [0.15, 0.2) is 16.6 Å². The SMILES string of the molecule is Cc1nc(-c2nc(Cl)cs2)nc(-n2ccc3nc(C(F)(F)F)ccc32)c1C(N)=O. The van der Waals surface area contributed by atoms with Crippen LogP contribution in [0.4, 0.5) is 13.2 Å². The molecule has 0 aliphatic carbocycles. The van der Waals surface area contributed by atoms with Crippen molar-refractivity contribution < 1.29 is 18.0 Å². The van der Waals surface area contributed by atoms with Gasteiger partial charge in [-0.2, -0.15) is 13.2 Å². The van der Waals surface area contributed by atoms with E-state index in [2.05, 4.69) is 19.9 Å². The number of pyridine rings is 1. The normalized spacial score (nSPS) is 11.9. The van der Waals surface area contributed by atoms with Crippen LogP contribution in [0.2, 0.25) is 5.15 Å². The van der Waals surface area contributed by atoms with Crippen LogP contribution in [-0.4, -0.2) is 30.4 Å². The average Bonchev–Trinajstić information content (AvgIpc) is 3.25. The molecule has 4 rings (SSSR count). The van der Waals surface area contributed by atoms with E-state index < -0.39 is 17.8 Å². The van der Waals surface area contributed by atoms with E-state index in [0.717, 1.165) is 6.07 Å². The number of aromatic nitrogens is 5. The Labute approximate surface area is 170 Å². The summed E-state index contributed by atoms with van der Waals surface area (Å²) in [6.45, 7) is 1.58. The summed E-state index contributed by atoms with van der Waals surface area (Å²) in [6.07, 6.45) is -3.11. The lowest BCUT2D eigenvalue weighted by Crippen LogP contribution is -2.19. The number of alkyl halides is 3. The molecule has 4 aromatic heterocycles. The molecule has 12 heteroatoms. The van der Waals surface area contributed by atoms with Crippen molar-refractivity contribution in [2.45, 2.75) is 13.1 Å². The van der Waals surface area contributed by atoms with E-state index in [0.29, 0.717) is 16.2 Å². The van der Waals surface area contributed by atoms with Crippen LogP contribution in [0.25, 0.3) is 27.7 Å². The van der Waals surface area contributed by atoms with Crippen LogP contribution < -0.4 is 5.73 Å². The highest BCUT2D eigenvalue weighted by molar-refractivity contribution is 7.13. The minimum atomic E-state index is -4.57. The van der Waals surface area contributed by atoms with E-state index in [4.69, 9.17) is 17.3 Å². The molecular formula is C17H10ClF3N6OS. The van der Waals surface area contributed by atoms with E-state index in [1.807, 2.05) is 0 Å². The first-order chi connectivity index (χ1) is 13.6. The van der Waals surface area contributed by atoms with Gasteiger partial charge >= 0.3 is 6.18 Å². The number of nitrogens with zero attached hydrogens (tertiary/aromatic N) is 5. The first kappa shape index (κ1) is 19.3. The van der Waals surface area contributed by atoms with Crippen molar-refractivity contribution in [3.63, 3.8) is 0 Å². The number of thiazole rings is 1. The van der Waals surface area contributed by atoms with Crippen molar-refractivity contribution in [2.75, 3.05) is 0 Å². The molecule has 4 heterocycles. The summed E-state index contributed by atoms with van der Waals surface area (Å²) in [6, 6.07) is 3.51. The summed E-state index contributed by atoms with van der Waals surface area (Å²) in [5.41, 5.74) is 5.23. The first-order valence-corrected chi connectivity index (χ1v) is 9.26. The molecular weight excluding hydrogens is 429 g/mol. The lowest BCUT2D eigenvalue weighted by Gasteiger charge is -2.12. The van der Waals surface area contributed by atoms with Crippen molar-refractivity contribution in [2.24, 2.45) is 5.73 Å².